The number of methoxy groups -OCH3 is 1. The van der Waals surface area contributed by atoms with Crippen molar-refractivity contribution < 1.29 is 41.3 Å². The Hall–Kier alpha value is -2.13. The van der Waals surface area contributed by atoms with Gasteiger partial charge in [0.05, 0.1) is 19.7 Å². The predicted octanol–water partition coefficient (Wildman–Crippen LogP) is 2.55. The standard InChI is InChI=1S/C10H8F5NO4/c1-19-5-3-16-7(9(11)12)4(2-6(17)18)8(5)20-10(13,14)15/h3,9H,2H2,1H3,(H,17,18). The Kier molecular flexibility index (Phi) is 4.69. The molecular weight excluding hydrogens is 293 g/mol. The first-order chi connectivity index (χ1) is 9.15. The maximum Gasteiger partial charge on any atom is 0.573 e. The van der Waals surface area contributed by atoms with Gasteiger partial charge in [0.2, 0.25) is 0 Å². The number of halogens is 5. The molecule has 0 aliphatic carbocycles. The van der Waals surface area contributed by atoms with Crippen molar-refractivity contribution in [2.45, 2.75) is 19.2 Å². The van der Waals surface area contributed by atoms with Gasteiger partial charge >= 0.3 is 12.3 Å². The van der Waals surface area contributed by atoms with E-state index in [1.54, 1.807) is 0 Å². The third-order valence-corrected chi connectivity index (χ3v) is 2.10. The quantitative estimate of drug-likeness (QED) is 0.846. The molecule has 0 radical (unpaired) electrons. The molecule has 0 aliphatic heterocycles. The smallest absolute Gasteiger partial charge is 0.491 e. The lowest BCUT2D eigenvalue weighted by Crippen LogP contribution is -2.20. The molecule has 1 rings (SSSR count). The molecular formula is C10H8F5NO4. The maximum atomic E-state index is 12.7. The highest BCUT2D eigenvalue weighted by Gasteiger charge is 2.36. The molecule has 0 unspecified atom stereocenters. The van der Waals surface area contributed by atoms with E-state index in [2.05, 4.69) is 14.5 Å². The number of ether oxygens (including phenoxy) is 2. The van der Waals surface area contributed by atoms with E-state index in [0.717, 1.165) is 7.11 Å². The number of hydrogen-bond donors (Lipinski definition) is 1. The van der Waals surface area contributed by atoms with Crippen LogP contribution in [0.3, 0.4) is 0 Å². The fraction of sp³-hybridized carbons (Fsp3) is 0.400. The summed E-state index contributed by atoms with van der Waals surface area (Å²) in [4.78, 5) is 13.8. The van der Waals surface area contributed by atoms with Gasteiger partial charge in [-0.2, -0.15) is 0 Å². The van der Waals surface area contributed by atoms with Crippen LogP contribution in [-0.4, -0.2) is 29.5 Å². The van der Waals surface area contributed by atoms with Gasteiger partial charge in [-0.05, 0) is 0 Å². The van der Waals surface area contributed by atoms with Gasteiger partial charge in [-0.1, -0.05) is 0 Å². The van der Waals surface area contributed by atoms with Crippen LogP contribution >= 0.6 is 0 Å². The summed E-state index contributed by atoms with van der Waals surface area (Å²) in [5.74, 6) is -3.34. The van der Waals surface area contributed by atoms with Crippen LogP contribution in [0.1, 0.15) is 17.7 Å². The van der Waals surface area contributed by atoms with Gasteiger partial charge in [0.15, 0.2) is 11.5 Å². The largest absolute Gasteiger partial charge is 0.573 e. The molecule has 0 saturated carbocycles. The zero-order chi connectivity index (χ0) is 15.5. The minimum absolute atomic E-state index is 0.594. The summed E-state index contributed by atoms with van der Waals surface area (Å²) in [6, 6.07) is 0. The molecule has 1 aromatic rings. The van der Waals surface area contributed by atoms with Gasteiger partial charge in [0.1, 0.15) is 5.69 Å². The number of carboxylic acid groups (broad SMARTS) is 1. The van der Waals surface area contributed by atoms with Crippen molar-refractivity contribution in [2.24, 2.45) is 0 Å². The van der Waals surface area contributed by atoms with E-state index in [4.69, 9.17) is 5.11 Å². The van der Waals surface area contributed by atoms with Crippen molar-refractivity contribution in [3.8, 4) is 11.5 Å². The Balaban J connectivity index is 3.46. The highest BCUT2D eigenvalue weighted by Crippen LogP contribution is 2.39. The molecule has 0 aliphatic rings. The first-order valence-corrected chi connectivity index (χ1v) is 4.97. The fourth-order valence-electron chi connectivity index (χ4n) is 1.41. The Bertz CT molecular complexity index is 503. The van der Waals surface area contributed by atoms with E-state index in [9.17, 15) is 26.7 Å². The number of carboxylic acids is 1. The minimum atomic E-state index is -5.19. The van der Waals surface area contributed by atoms with Crippen LogP contribution in [0, 0.1) is 0 Å². The first-order valence-electron chi connectivity index (χ1n) is 4.97. The lowest BCUT2D eigenvalue weighted by molar-refractivity contribution is -0.275. The third kappa shape index (κ3) is 3.93. The lowest BCUT2D eigenvalue weighted by atomic mass is 10.1. The monoisotopic (exact) mass is 301 g/mol. The van der Waals surface area contributed by atoms with Crippen LogP contribution in [0.2, 0.25) is 0 Å². The van der Waals surface area contributed by atoms with Gasteiger partial charge in [0.25, 0.3) is 6.43 Å². The first kappa shape index (κ1) is 15.9. The van der Waals surface area contributed by atoms with E-state index in [0.29, 0.717) is 6.20 Å². The van der Waals surface area contributed by atoms with E-state index < -0.39 is 47.9 Å². The minimum Gasteiger partial charge on any atom is -0.491 e. The van der Waals surface area contributed by atoms with Gasteiger partial charge in [-0.3, -0.25) is 9.78 Å². The Morgan fingerprint density at radius 3 is 2.45 bits per heavy atom. The molecule has 0 bridgehead atoms. The van der Waals surface area contributed by atoms with Crippen molar-refractivity contribution in [1.82, 2.24) is 4.98 Å². The van der Waals surface area contributed by atoms with E-state index in [1.807, 2.05) is 0 Å². The molecule has 0 aromatic carbocycles. The van der Waals surface area contributed by atoms with Crippen LogP contribution in [0.25, 0.3) is 0 Å². The van der Waals surface area contributed by atoms with Gasteiger partial charge in [-0.15, -0.1) is 13.2 Å². The lowest BCUT2D eigenvalue weighted by Gasteiger charge is -2.17. The highest BCUT2D eigenvalue weighted by atomic mass is 19.4. The number of alkyl halides is 5. The normalized spacial score (nSPS) is 11.6. The van der Waals surface area contributed by atoms with Crippen molar-refractivity contribution in [2.75, 3.05) is 7.11 Å². The summed E-state index contributed by atoms with van der Waals surface area (Å²) < 4.78 is 70.3. The average molecular weight is 301 g/mol. The van der Waals surface area contributed by atoms with Crippen molar-refractivity contribution in [3.05, 3.63) is 17.5 Å². The number of aliphatic carboxylic acids is 1. The van der Waals surface area contributed by atoms with Crippen molar-refractivity contribution in [3.63, 3.8) is 0 Å². The van der Waals surface area contributed by atoms with Crippen LogP contribution in [0.5, 0.6) is 11.5 Å². The maximum absolute atomic E-state index is 12.7. The van der Waals surface area contributed by atoms with Crippen LogP contribution < -0.4 is 9.47 Å². The molecule has 5 nitrogen and oxygen atoms in total. The Labute approximate surface area is 108 Å². The second-order valence-electron chi connectivity index (χ2n) is 3.44. The number of rotatable bonds is 5. The molecule has 0 atom stereocenters. The molecule has 112 valence electrons. The Morgan fingerprint density at radius 1 is 1.45 bits per heavy atom. The van der Waals surface area contributed by atoms with Gasteiger partial charge < -0.3 is 14.6 Å². The fourth-order valence-corrected chi connectivity index (χ4v) is 1.41. The van der Waals surface area contributed by atoms with Crippen molar-refractivity contribution >= 4 is 5.97 Å². The second-order valence-corrected chi connectivity index (χ2v) is 3.44. The van der Waals surface area contributed by atoms with Crippen molar-refractivity contribution in [1.29, 1.82) is 0 Å². The molecule has 0 amide bonds. The summed E-state index contributed by atoms with van der Waals surface area (Å²) in [6.45, 7) is 0. The zero-order valence-electron chi connectivity index (χ0n) is 9.87. The molecule has 0 spiro atoms. The molecule has 1 N–H and O–H groups in total. The molecule has 1 heterocycles. The van der Waals surface area contributed by atoms with Crippen LogP contribution in [0.15, 0.2) is 6.20 Å². The van der Waals surface area contributed by atoms with E-state index >= 15 is 0 Å². The number of carbonyl (C=O) groups is 1. The summed E-state index contributed by atoms with van der Waals surface area (Å²) in [7, 11) is 0.965. The Morgan fingerprint density at radius 2 is 2.05 bits per heavy atom. The highest BCUT2D eigenvalue weighted by molar-refractivity contribution is 5.72. The molecule has 20 heavy (non-hydrogen) atoms. The topological polar surface area (TPSA) is 68.7 Å². The molecule has 0 fully saturated rings. The molecule has 1 aromatic heterocycles. The third-order valence-electron chi connectivity index (χ3n) is 2.10. The summed E-state index contributed by atoms with van der Waals surface area (Å²) in [5.41, 5.74) is -1.99. The zero-order valence-corrected chi connectivity index (χ0v) is 9.87. The van der Waals surface area contributed by atoms with Gasteiger partial charge in [-0.25, -0.2) is 8.78 Å². The van der Waals surface area contributed by atoms with Gasteiger partial charge in [0, 0.05) is 5.56 Å². The predicted molar refractivity (Wildman–Crippen MR) is 53.8 cm³/mol. The van der Waals surface area contributed by atoms with E-state index in [1.165, 1.54) is 0 Å². The van der Waals surface area contributed by atoms with E-state index in [-0.39, 0.29) is 0 Å². The summed E-state index contributed by atoms with van der Waals surface area (Å²) in [5, 5.41) is 8.61. The number of nitrogens with zero attached hydrogens (tertiary/aromatic N) is 1. The van der Waals surface area contributed by atoms with Crippen LogP contribution in [0.4, 0.5) is 22.0 Å². The SMILES string of the molecule is COc1cnc(C(F)F)c(CC(=O)O)c1OC(F)(F)F. The molecule has 0 saturated heterocycles. The second kappa shape index (κ2) is 5.88. The average Bonchev–Trinajstić information content (AvgIpc) is 2.28. The molecule has 10 heteroatoms. The summed E-state index contributed by atoms with van der Waals surface area (Å²) >= 11 is 0. The number of hydrogen-bond acceptors (Lipinski definition) is 4. The summed E-state index contributed by atoms with van der Waals surface area (Å²) in [6.07, 6.45) is -8.96. The number of pyridine rings is 1. The van der Waals surface area contributed by atoms with Crippen LogP contribution in [-0.2, 0) is 11.2 Å². The number of aromatic nitrogens is 1.